The molecule has 0 bridgehead atoms. The van der Waals surface area contributed by atoms with Gasteiger partial charge in [0.25, 0.3) is 0 Å². The van der Waals surface area contributed by atoms with E-state index < -0.39 is 0 Å². The van der Waals surface area contributed by atoms with Crippen LogP contribution in [0.4, 0.5) is 17.1 Å². The zero-order valence-electron chi connectivity index (χ0n) is 31.7. The number of benzene rings is 9. The van der Waals surface area contributed by atoms with E-state index in [1.807, 2.05) is 0 Å². The topological polar surface area (TPSA) is 3.24 Å². The second kappa shape index (κ2) is 13.7. The summed E-state index contributed by atoms with van der Waals surface area (Å²) in [6.07, 6.45) is 0. The number of fused-ring (bicyclic) bond motifs is 4. The Morgan fingerprint density at radius 2 is 0.911 bits per heavy atom. The number of rotatable bonds is 7. The Morgan fingerprint density at radius 3 is 1.64 bits per heavy atom. The molecule has 1 nitrogen and oxygen atoms in total. The van der Waals surface area contributed by atoms with Crippen molar-refractivity contribution in [2.75, 3.05) is 4.90 Å². The molecule has 0 unspecified atom stereocenters. The van der Waals surface area contributed by atoms with Crippen molar-refractivity contribution in [3.05, 3.63) is 223 Å². The summed E-state index contributed by atoms with van der Waals surface area (Å²) < 4.78 is 0. The van der Waals surface area contributed by atoms with Crippen LogP contribution in [0.5, 0.6) is 0 Å². The molecule has 0 radical (unpaired) electrons. The van der Waals surface area contributed by atoms with Gasteiger partial charge < -0.3 is 4.90 Å². The predicted molar refractivity (Wildman–Crippen MR) is 238 cm³/mol. The van der Waals surface area contributed by atoms with Crippen LogP contribution in [-0.2, 0) is 5.41 Å². The lowest BCUT2D eigenvalue weighted by molar-refractivity contribution is 0.660. The number of anilines is 3. The van der Waals surface area contributed by atoms with E-state index >= 15 is 0 Å². The zero-order valence-corrected chi connectivity index (χ0v) is 31.7. The van der Waals surface area contributed by atoms with E-state index in [0.717, 1.165) is 17.1 Å². The maximum atomic E-state index is 2.46. The highest BCUT2D eigenvalue weighted by atomic mass is 15.1. The maximum absolute atomic E-state index is 2.46. The van der Waals surface area contributed by atoms with Crippen LogP contribution in [0.2, 0.25) is 0 Å². The molecule has 1 aliphatic rings. The van der Waals surface area contributed by atoms with Crippen LogP contribution in [0, 0.1) is 0 Å². The first-order valence-corrected chi connectivity index (χ1v) is 19.5. The van der Waals surface area contributed by atoms with Gasteiger partial charge in [0.1, 0.15) is 0 Å². The van der Waals surface area contributed by atoms with Crippen molar-refractivity contribution in [1.82, 2.24) is 0 Å². The first-order valence-electron chi connectivity index (χ1n) is 19.5. The molecule has 0 N–H and O–H groups in total. The van der Waals surface area contributed by atoms with Gasteiger partial charge in [-0.3, -0.25) is 0 Å². The van der Waals surface area contributed by atoms with Crippen molar-refractivity contribution in [3.8, 4) is 55.6 Å². The van der Waals surface area contributed by atoms with Crippen molar-refractivity contribution >= 4 is 27.8 Å². The van der Waals surface area contributed by atoms with E-state index in [4.69, 9.17) is 0 Å². The lowest BCUT2D eigenvalue weighted by atomic mass is 9.81. The molecule has 0 atom stereocenters. The van der Waals surface area contributed by atoms with Gasteiger partial charge in [0.05, 0.1) is 5.69 Å². The molecule has 9 aromatic rings. The zero-order chi connectivity index (χ0) is 37.6. The van der Waals surface area contributed by atoms with Crippen molar-refractivity contribution < 1.29 is 0 Å². The third-order valence-corrected chi connectivity index (χ3v) is 11.7. The van der Waals surface area contributed by atoms with Gasteiger partial charge >= 0.3 is 0 Å². The lowest BCUT2D eigenvalue weighted by Gasteiger charge is -2.30. The highest BCUT2D eigenvalue weighted by molar-refractivity contribution is 6.02. The van der Waals surface area contributed by atoms with E-state index in [9.17, 15) is 0 Å². The number of nitrogens with zero attached hydrogens (tertiary/aromatic N) is 1. The molecule has 0 aliphatic heterocycles. The minimum atomic E-state index is -0.184. The van der Waals surface area contributed by atoms with Crippen molar-refractivity contribution in [1.29, 1.82) is 0 Å². The summed E-state index contributed by atoms with van der Waals surface area (Å²) in [5.74, 6) is 0. The standard InChI is InChI=1S/C55H41N/c1-55(2)51-27-16-26-48(40-19-8-4-9-20-40)54(51)49-34-33-45(37-52(49)55)56(44-31-29-39(30-32-44)38-17-6-3-7-18-38)53-28-15-14-25-47(53)43-35-42-23-12-13-24-46(42)50(36-43)41-21-10-5-11-22-41/h3-37H,1-2H3. The van der Waals surface area contributed by atoms with Gasteiger partial charge in [-0.25, -0.2) is 0 Å². The average Bonchev–Trinajstić information content (AvgIpc) is 3.50. The lowest BCUT2D eigenvalue weighted by Crippen LogP contribution is -2.17. The molecule has 0 saturated heterocycles. The summed E-state index contributed by atoms with van der Waals surface area (Å²) >= 11 is 0. The molecule has 266 valence electrons. The molecule has 1 aliphatic carbocycles. The Balaban J connectivity index is 1.18. The van der Waals surface area contributed by atoms with Crippen LogP contribution in [0.3, 0.4) is 0 Å². The summed E-state index contributed by atoms with van der Waals surface area (Å²) in [5.41, 5.74) is 18.3. The minimum absolute atomic E-state index is 0.184. The van der Waals surface area contributed by atoms with Crippen molar-refractivity contribution in [3.63, 3.8) is 0 Å². The number of hydrogen-bond acceptors (Lipinski definition) is 1. The summed E-state index contributed by atoms with van der Waals surface area (Å²) in [4.78, 5) is 2.46. The highest BCUT2D eigenvalue weighted by Crippen LogP contribution is 2.54. The highest BCUT2D eigenvalue weighted by Gasteiger charge is 2.37. The Hall–Kier alpha value is -6.96. The molecule has 1 heteroatoms. The molecule has 9 aromatic carbocycles. The number of para-hydroxylation sites is 1. The monoisotopic (exact) mass is 715 g/mol. The molecule has 0 amide bonds. The molecule has 0 spiro atoms. The fraction of sp³-hybridized carbons (Fsp3) is 0.0545. The maximum Gasteiger partial charge on any atom is 0.0540 e. The average molecular weight is 716 g/mol. The normalized spacial score (nSPS) is 12.6. The van der Waals surface area contributed by atoms with Crippen LogP contribution < -0.4 is 4.90 Å². The second-order valence-corrected chi connectivity index (χ2v) is 15.3. The third-order valence-electron chi connectivity index (χ3n) is 11.7. The predicted octanol–water partition coefficient (Wildman–Crippen LogP) is 15.3. The third kappa shape index (κ3) is 5.72. The Labute approximate surface area is 329 Å². The first kappa shape index (κ1) is 33.6. The van der Waals surface area contributed by atoms with Crippen LogP contribution in [0.15, 0.2) is 212 Å². The van der Waals surface area contributed by atoms with E-state index in [-0.39, 0.29) is 5.41 Å². The van der Waals surface area contributed by atoms with Gasteiger partial charge in [-0.05, 0) is 114 Å². The molecule has 10 rings (SSSR count). The van der Waals surface area contributed by atoms with Gasteiger partial charge in [0, 0.05) is 22.4 Å². The largest absolute Gasteiger partial charge is 0.310 e. The van der Waals surface area contributed by atoms with Crippen LogP contribution in [-0.4, -0.2) is 0 Å². The Morgan fingerprint density at radius 1 is 0.339 bits per heavy atom. The van der Waals surface area contributed by atoms with Crippen LogP contribution in [0.25, 0.3) is 66.4 Å². The molecular formula is C55H41N. The van der Waals surface area contributed by atoms with Crippen molar-refractivity contribution in [2.24, 2.45) is 0 Å². The summed E-state index contributed by atoms with van der Waals surface area (Å²) in [7, 11) is 0. The molecule has 56 heavy (non-hydrogen) atoms. The summed E-state index contributed by atoms with van der Waals surface area (Å²) in [5, 5.41) is 2.48. The van der Waals surface area contributed by atoms with Crippen LogP contribution in [0.1, 0.15) is 25.0 Å². The van der Waals surface area contributed by atoms with Gasteiger partial charge in [0.15, 0.2) is 0 Å². The summed E-state index contributed by atoms with van der Waals surface area (Å²) in [6, 6.07) is 77.6. The summed E-state index contributed by atoms with van der Waals surface area (Å²) in [6.45, 7) is 4.76. The SMILES string of the molecule is CC1(C)c2cc(N(c3ccc(-c4ccccc4)cc3)c3ccccc3-c3cc(-c4ccccc4)c4ccccc4c3)ccc2-c2c(-c3ccccc3)cccc21. The fourth-order valence-corrected chi connectivity index (χ4v) is 8.87. The second-order valence-electron chi connectivity index (χ2n) is 15.3. The Kier molecular flexibility index (Phi) is 8.23. The quantitative estimate of drug-likeness (QED) is 0.159. The van der Waals surface area contributed by atoms with Gasteiger partial charge in [-0.15, -0.1) is 0 Å². The van der Waals surface area contributed by atoms with Gasteiger partial charge in [-0.2, -0.15) is 0 Å². The molecule has 0 aromatic heterocycles. The van der Waals surface area contributed by atoms with E-state index in [0.29, 0.717) is 0 Å². The van der Waals surface area contributed by atoms with Crippen molar-refractivity contribution in [2.45, 2.75) is 19.3 Å². The molecule has 0 fully saturated rings. The number of hydrogen-bond donors (Lipinski definition) is 0. The Bertz CT molecular complexity index is 2850. The van der Waals surface area contributed by atoms with Crippen LogP contribution >= 0.6 is 0 Å². The van der Waals surface area contributed by atoms with E-state index in [1.54, 1.807) is 0 Å². The van der Waals surface area contributed by atoms with E-state index in [1.165, 1.54) is 77.5 Å². The minimum Gasteiger partial charge on any atom is -0.310 e. The van der Waals surface area contributed by atoms with E-state index in [2.05, 4.69) is 231 Å². The molecule has 0 heterocycles. The smallest absolute Gasteiger partial charge is 0.0540 e. The first-order chi connectivity index (χ1) is 27.5. The molecule has 0 saturated carbocycles. The fourth-order valence-electron chi connectivity index (χ4n) is 8.87. The van der Waals surface area contributed by atoms with Gasteiger partial charge in [-0.1, -0.05) is 184 Å². The molecular weight excluding hydrogens is 675 g/mol. The van der Waals surface area contributed by atoms with Gasteiger partial charge in [0.2, 0.25) is 0 Å².